The Morgan fingerprint density at radius 2 is 0.896 bits per heavy atom. The van der Waals surface area contributed by atoms with Crippen LogP contribution in [0.25, 0.3) is 11.1 Å². The number of halogens is 12. The van der Waals surface area contributed by atoms with Crippen LogP contribution in [-0.2, 0) is 5.41 Å². The summed E-state index contributed by atoms with van der Waals surface area (Å²) in [6.07, 6.45) is -22.4. The minimum atomic E-state index is -5.66. The van der Waals surface area contributed by atoms with Crippen molar-refractivity contribution in [2.24, 2.45) is 0 Å². The molecule has 2 aliphatic rings. The second-order valence-electron chi connectivity index (χ2n) is 11.2. The highest BCUT2D eigenvalue weighted by Crippen LogP contribution is 2.71. The lowest BCUT2D eigenvalue weighted by Gasteiger charge is -2.53. The van der Waals surface area contributed by atoms with Gasteiger partial charge in [-0.15, -0.1) is 0 Å². The Hall–Kier alpha value is -4.74. The van der Waals surface area contributed by atoms with Crippen LogP contribution in [0.15, 0.2) is 138 Å². The first-order valence-electron chi connectivity index (χ1n) is 14.2. The van der Waals surface area contributed by atoms with Crippen LogP contribution >= 0.6 is 0 Å². The van der Waals surface area contributed by atoms with E-state index in [1.807, 2.05) is 0 Å². The van der Waals surface area contributed by atoms with Crippen molar-refractivity contribution in [2.75, 3.05) is 0 Å². The number of hydrogen-bond donors (Lipinski definition) is 0. The van der Waals surface area contributed by atoms with Crippen LogP contribution in [0, 0.1) is 0 Å². The van der Waals surface area contributed by atoms with Gasteiger partial charge in [0.25, 0.3) is 0 Å². The average molecular weight is 681 g/mol. The largest absolute Gasteiger partial charge is 0.417 e. The molecule has 0 heterocycles. The fourth-order valence-electron chi connectivity index (χ4n) is 6.92. The number of alkyl halides is 12. The normalized spacial score (nSPS) is 22.0. The molecule has 0 unspecified atom stereocenters. The predicted octanol–water partition coefficient (Wildman–Crippen LogP) is 11.5. The number of fused-ring (bicyclic) bond motifs is 1. The van der Waals surface area contributed by atoms with Gasteiger partial charge in [-0.1, -0.05) is 115 Å². The van der Waals surface area contributed by atoms with E-state index in [4.69, 9.17) is 0 Å². The van der Waals surface area contributed by atoms with Gasteiger partial charge in [-0.05, 0) is 44.5 Å². The standard InChI is InChI=1S/C36H20F12/c37-33(38,39)28(20-12-4-1-5-13-20)25-26(29(34(40,41)42)21-14-6-2-7-15-21)31-27(25)30(35(43,44)45)23-18-10-11-19-24(23)32(31,36(46,47)48)22-16-8-3-9-17-22/h1-19,30H/b28-25-,29-26+/t30-,32+/m1/s1. The molecular weight excluding hydrogens is 660 g/mol. The van der Waals surface area contributed by atoms with Crippen molar-refractivity contribution in [3.05, 3.63) is 165 Å². The van der Waals surface area contributed by atoms with Crippen LogP contribution in [-0.4, -0.2) is 24.7 Å². The van der Waals surface area contributed by atoms with Crippen LogP contribution in [0.2, 0.25) is 0 Å². The highest BCUT2D eigenvalue weighted by atomic mass is 19.4. The van der Waals surface area contributed by atoms with Crippen molar-refractivity contribution < 1.29 is 52.7 Å². The fraction of sp³-hybridized carbons (Fsp3) is 0.167. The summed E-state index contributed by atoms with van der Waals surface area (Å²) in [5.41, 5.74) is -18.3. The lowest BCUT2D eigenvalue weighted by atomic mass is 9.49. The third-order valence-corrected chi connectivity index (χ3v) is 8.53. The van der Waals surface area contributed by atoms with Crippen LogP contribution in [0.4, 0.5) is 52.7 Å². The quantitative estimate of drug-likeness (QED) is 0.189. The summed E-state index contributed by atoms with van der Waals surface area (Å²) in [7, 11) is 0. The maximum absolute atomic E-state index is 16.0. The molecule has 0 N–H and O–H groups in total. The molecule has 0 bridgehead atoms. The number of hydrogen-bond acceptors (Lipinski definition) is 0. The molecule has 2 atom stereocenters. The van der Waals surface area contributed by atoms with Gasteiger partial charge in [0.1, 0.15) is 11.3 Å². The van der Waals surface area contributed by atoms with Gasteiger partial charge in [0, 0.05) is 5.57 Å². The SMILES string of the molecule is FC(F)(F)/C(=C1C2=C(C/1=C(/c1ccccc1)C(F)(F)F)[C@H](C(F)(F)F)c1ccccc1[C@]2(c1ccccc1)C(F)(F)F)c1ccccc1. The third-order valence-electron chi connectivity index (χ3n) is 8.53. The van der Waals surface area contributed by atoms with E-state index in [0.717, 1.165) is 97.1 Å². The monoisotopic (exact) mass is 680 g/mol. The molecule has 48 heavy (non-hydrogen) atoms. The van der Waals surface area contributed by atoms with Gasteiger partial charge in [-0.2, -0.15) is 52.7 Å². The van der Waals surface area contributed by atoms with Gasteiger partial charge in [0.15, 0.2) is 0 Å². The molecule has 0 saturated heterocycles. The summed E-state index contributed by atoms with van der Waals surface area (Å²) in [6, 6.07) is 19.0. The molecule has 0 nitrogen and oxygen atoms in total. The maximum atomic E-state index is 16.0. The molecule has 0 radical (unpaired) electrons. The van der Waals surface area contributed by atoms with Crippen molar-refractivity contribution in [2.45, 2.75) is 36.0 Å². The second kappa shape index (κ2) is 11.2. The van der Waals surface area contributed by atoms with E-state index in [-0.39, 0.29) is 0 Å². The van der Waals surface area contributed by atoms with E-state index < -0.39 is 97.3 Å². The molecular formula is C36H20F12. The summed E-state index contributed by atoms with van der Waals surface area (Å²) in [6.45, 7) is 0. The van der Waals surface area contributed by atoms with E-state index in [0.29, 0.717) is 0 Å². The highest BCUT2D eigenvalue weighted by molar-refractivity contribution is 5.99. The van der Waals surface area contributed by atoms with E-state index in [1.54, 1.807) is 0 Å². The fourth-order valence-corrected chi connectivity index (χ4v) is 6.92. The molecule has 0 saturated carbocycles. The zero-order valence-corrected chi connectivity index (χ0v) is 24.1. The van der Waals surface area contributed by atoms with Gasteiger partial charge >= 0.3 is 24.7 Å². The van der Waals surface area contributed by atoms with E-state index in [2.05, 4.69) is 0 Å². The zero-order valence-electron chi connectivity index (χ0n) is 24.1. The molecule has 0 fully saturated rings. The van der Waals surface area contributed by atoms with Crippen molar-refractivity contribution in [1.29, 1.82) is 0 Å². The average Bonchev–Trinajstić information content (AvgIpc) is 3.00. The van der Waals surface area contributed by atoms with Crippen LogP contribution in [0.5, 0.6) is 0 Å². The van der Waals surface area contributed by atoms with Crippen LogP contribution in [0.3, 0.4) is 0 Å². The Morgan fingerprint density at radius 3 is 1.33 bits per heavy atom. The molecule has 0 aliphatic heterocycles. The zero-order chi connectivity index (χ0) is 34.9. The lowest BCUT2D eigenvalue weighted by Crippen LogP contribution is -2.54. The van der Waals surface area contributed by atoms with E-state index in [9.17, 15) is 0 Å². The Labute approximate surface area is 265 Å². The maximum Gasteiger partial charge on any atom is 0.417 e. The second-order valence-corrected chi connectivity index (χ2v) is 11.2. The van der Waals surface area contributed by atoms with Gasteiger partial charge in [0.2, 0.25) is 0 Å². The van der Waals surface area contributed by atoms with Gasteiger partial charge in [-0.3, -0.25) is 0 Å². The van der Waals surface area contributed by atoms with Crippen LogP contribution < -0.4 is 0 Å². The summed E-state index contributed by atoms with van der Waals surface area (Å²) < 4.78 is 185. The Balaban J connectivity index is 1.99. The Morgan fingerprint density at radius 1 is 0.479 bits per heavy atom. The first-order valence-corrected chi connectivity index (χ1v) is 14.2. The lowest BCUT2D eigenvalue weighted by molar-refractivity contribution is -0.173. The van der Waals surface area contributed by atoms with Gasteiger partial charge < -0.3 is 0 Å². The molecule has 6 rings (SSSR count). The van der Waals surface area contributed by atoms with E-state index in [1.165, 1.54) is 18.2 Å². The van der Waals surface area contributed by atoms with Gasteiger partial charge in [-0.25, -0.2) is 0 Å². The first kappa shape index (κ1) is 33.2. The molecule has 4 aromatic carbocycles. The highest BCUT2D eigenvalue weighted by Gasteiger charge is 2.70. The minimum Gasteiger partial charge on any atom is -0.170 e. The van der Waals surface area contributed by atoms with Crippen molar-refractivity contribution >= 4 is 11.1 Å². The summed E-state index contributed by atoms with van der Waals surface area (Å²) in [4.78, 5) is 0. The summed E-state index contributed by atoms with van der Waals surface area (Å²) in [5.74, 6) is -3.13. The summed E-state index contributed by atoms with van der Waals surface area (Å²) in [5, 5.41) is 0. The molecule has 0 aromatic heterocycles. The van der Waals surface area contributed by atoms with E-state index >= 15 is 52.7 Å². The topological polar surface area (TPSA) is 0 Å². The van der Waals surface area contributed by atoms with Gasteiger partial charge in [0.05, 0.1) is 11.1 Å². The van der Waals surface area contributed by atoms with Crippen molar-refractivity contribution in [1.82, 2.24) is 0 Å². The molecule has 0 spiro atoms. The number of allylic oxidation sites excluding steroid dienone is 6. The molecule has 12 heteroatoms. The first-order chi connectivity index (χ1) is 22.4. The molecule has 0 amide bonds. The minimum absolute atomic E-state index is 0.720. The van der Waals surface area contributed by atoms with Crippen LogP contribution in [0.1, 0.15) is 33.7 Å². The smallest absolute Gasteiger partial charge is 0.170 e. The number of benzene rings is 4. The Bertz CT molecular complexity index is 1940. The summed E-state index contributed by atoms with van der Waals surface area (Å²) >= 11 is 0. The molecule has 248 valence electrons. The molecule has 2 aliphatic carbocycles. The predicted molar refractivity (Wildman–Crippen MR) is 154 cm³/mol. The third kappa shape index (κ3) is 5.03. The Kier molecular flexibility index (Phi) is 7.72. The van der Waals surface area contributed by atoms with Crippen molar-refractivity contribution in [3.63, 3.8) is 0 Å². The van der Waals surface area contributed by atoms with Crippen molar-refractivity contribution in [3.8, 4) is 0 Å². The number of rotatable bonds is 3. The molecule has 4 aromatic rings.